The summed E-state index contributed by atoms with van der Waals surface area (Å²) in [6.45, 7) is 2.14. The summed E-state index contributed by atoms with van der Waals surface area (Å²) in [5.41, 5.74) is 5.27. The highest BCUT2D eigenvalue weighted by Crippen LogP contribution is 2.45. The van der Waals surface area contributed by atoms with Crippen molar-refractivity contribution in [3.05, 3.63) is 35.4 Å². The van der Waals surface area contributed by atoms with E-state index in [0.717, 1.165) is 37.8 Å². The molecule has 5 heteroatoms. The first-order valence-electron chi connectivity index (χ1n) is 7.33. The van der Waals surface area contributed by atoms with Gasteiger partial charge in [-0.1, -0.05) is 38.0 Å². The number of aliphatic hydroxyl groups excluding tert-OH is 1. The summed E-state index contributed by atoms with van der Waals surface area (Å²) < 4.78 is 38.5. The zero-order chi connectivity index (χ0) is 15.7. The minimum atomic E-state index is -4.38. The van der Waals surface area contributed by atoms with Gasteiger partial charge in [0.25, 0.3) is 0 Å². The Kier molecular flexibility index (Phi) is 4.63. The SMILES string of the molecule is CC1(C(O)C(CN)c2cccc(C(F)(F)F)c2)CCCC1. The number of benzene rings is 1. The largest absolute Gasteiger partial charge is 0.416 e. The van der Waals surface area contributed by atoms with E-state index in [1.807, 2.05) is 6.92 Å². The van der Waals surface area contributed by atoms with Crippen LogP contribution in [-0.2, 0) is 6.18 Å². The molecule has 3 N–H and O–H groups in total. The van der Waals surface area contributed by atoms with Crippen LogP contribution in [0.3, 0.4) is 0 Å². The molecular formula is C16H22F3NO. The van der Waals surface area contributed by atoms with E-state index in [4.69, 9.17) is 5.73 Å². The lowest BCUT2D eigenvalue weighted by Crippen LogP contribution is -2.38. The maximum atomic E-state index is 12.8. The third kappa shape index (κ3) is 3.40. The van der Waals surface area contributed by atoms with Gasteiger partial charge in [-0.15, -0.1) is 0 Å². The Bertz CT molecular complexity index is 481. The molecule has 2 unspecified atom stereocenters. The Morgan fingerprint density at radius 1 is 1.29 bits per heavy atom. The average molecular weight is 301 g/mol. The highest BCUT2D eigenvalue weighted by atomic mass is 19.4. The zero-order valence-corrected chi connectivity index (χ0v) is 12.2. The molecule has 1 aromatic rings. The van der Waals surface area contributed by atoms with E-state index in [2.05, 4.69) is 0 Å². The molecule has 2 rings (SSSR count). The second-order valence-electron chi connectivity index (χ2n) is 6.27. The summed E-state index contributed by atoms with van der Waals surface area (Å²) in [5, 5.41) is 10.7. The standard InChI is InChI=1S/C16H22F3NO/c1-15(7-2-3-8-15)14(21)13(10-20)11-5-4-6-12(9-11)16(17,18)19/h4-6,9,13-14,21H,2-3,7-8,10,20H2,1H3. The van der Waals surface area contributed by atoms with E-state index in [1.54, 1.807) is 6.07 Å². The van der Waals surface area contributed by atoms with E-state index < -0.39 is 23.8 Å². The van der Waals surface area contributed by atoms with E-state index in [9.17, 15) is 18.3 Å². The van der Waals surface area contributed by atoms with E-state index in [0.29, 0.717) is 5.56 Å². The van der Waals surface area contributed by atoms with Crippen LogP contribution in [0.5, 0.6) is 0 Å². The third-order valence-electron chi connectivity index (χ3n) is 4.74. The molecule has 0 heterocycles. The van der Waals surface area contributed by atoms with Gasteiger partial charge < -0.3 is 10.8 Å². The van der Waals surface area contributed by atoms with Gasteiger partial charge in [0.1, 0.15) is 0 Å². The second-order valence-corrected chi connectivity index (χ2v) is 6.27. The molecule has 0 aliphatic heterocycles. The van der Waals surface area contributed by atoms with Crippen LogP contribution < -0.4 is 5.73 Å². The van der Waals surface area contributed by atoms with Gasteiger partial charge in [0.05, 0.1) is 11.7 Å². The number of nitrogens with two attached hydrogens (primary N) is 1. The number of aliphatic hydroxyl groups is 1. The van der Waals surface area contributed by atoms with Crippen molar-refractivity contribution in [2.24, 2.45) is 11.1 Å². The van der Waals surface area contributed by atoms with Crippen LogP contribution in [0.15, 0.2) is 24.3 Å². The molecule has 0 amide bonds. The molecule has 2 nitrogen and oxygen atoms in total. The van der Waals surface area contributed by atoms with Gasteiger partial charge in [-0.3, -0.25) is 0 Å². The van der Waals surface area contributed by atoms with Crippen LogP contribution in [0.2, 0.25) is 0 Å². The third-order valence-corrected chi connectivity index (χ3v) is 4.74. The topological polar surface area (TPSA) is 46.2 Å². The van der Waals surface area contributed by atoms with Crippen molar-refractivity contribution in [2.75, 3.05) is 6.54 Å². The molecule has 0 bridgehead atoms. The molecule has 0 aromatic heterocycles. The van der Waals surface area contributed by atoms with Crippen LogP contribution >= 0.6 is 0 Å². The molecule has 0 radical (unpaired) electrons. The summed E-state index contributed by atoms with van der Waals surface area (Å²) in [4.78, 5) is 0. The number of rotatable bonds is 4. The van der Waals surface area contributed by atoms with Crippen molar-refractivity contribution in [3.8, 4) is 0 Å². The summed E-state index contributed by atoms with van der Waals surface area (Å²) in [5.74, 6) is -0.463. The molecule has 1 aliphatic carbocycles. The van der Waals surface area contributed by atoms with Gasteiger partial charge in [-0.05, 0) is 29.9 Å². The summed E-state index contributed by atoms with van der Waals surface area (Å²) in [6.07, 6.45) is -1.21. The molecule has 2 atom stereocenters. The number of halogens is 3. The van der Waals surface area contributed by atoms with Crippen LogP contribution in [-0.4, -0.2) is 17.8 Å². The molecule has 21 heavy (non-hydrogen) atoms. The first-order valence-corrected chi connectivity index (χ1v) is 7.33. The maximum Gasteiger partial charge on any atom is 0.416 e. The quantitative estimate of drug-likeness (QED) is 0.891. The van der Waals surface area contributed by atoms with Crippen LogP contribution in [0.4, 0.5) is 13.2 Å². The van der Waals surface area contributed by atoms with Crippen LogP contribution in [0.1, 0.15) is 49.7 Å². The van der Waals surface area contributed by atoms with E-state index >= 15 is 0 Å². The zero-order valence-electron chi connectivity index (χ0n) is 12.2. The van der Waals surface area contributed by atoms with Gasteiger partial charge in [0.2, 0.25) is 0 Å². The number of hydrogen-bond acceptors (Lipinski definition) is 2. The lowest BCUT2D eigenvalue weighted by molar-refractivity contribution is -0.137. The Balaban J connectivity index is 2.29. The molecular weight excluding hydrogens is 279 g/mol. The Hall–Kier alpha value is -1.07. The minimum absolute atomic E-state index is 0.137. The summed E-state index contributed by atoms with van der Waals surface area (Å²) in [6, 6.07) is 5.15. The van der Waals surface area contributed by atoms with Crippen molar-refractivity contribution in [1.82, 2.24) is 0 Å². The average Bonchev–Trinajstić information content (AvgIpc) is 2.87. The van der Waals surface area contributed by atoms with E-state index in [-0.39, 0.29) is 12.0 Å². The molecule has 1 saturated carbocycles. The maximum absolute atomic E-state index is 12.8. The predicted octanol–water partition coefficient (Wildman–Crippen LogP) is 3.69. The molecule has 118 valence electrons. The Morgan fingerprint density at radius 3 is 2.43 bits per heavy atom. The first-order chi connectivity index (χ1) is 9.78. The Morgan fingerprint density at radius 2 is 1.90 bits per heavy atom. The van der Waals surface area contributed by atoms with Gasteiger partial charge in [-0.2, -0.15) is 13.2 Å². The van der Waals surface area contributed by atoms with Gasteiger partial charge >= 0.3 is 6.18 Å². The highest BCUT2D eigenvalue weighted by molar-refractivity contribution is 5.30. The lowest BCUT2D eigenvalue weighted by atomic mass is 9.74. The summed E-state index contributed by atoms with van der Waals surface area (Å²) in [7, 11) is 0. The van der Waals surface area contributed by atoms with Crippen LogP contribution in [0, 0.1) is 5.41 Å². The van der Waals surface area contributed by atoms with Crippen molar-refractivity contribution in [1.29, 1.82) is 0 Å². The van der Waals surface area contributed by atoms with Crippen molar-refractivity contribution in [2.45, 2.75) is 50.8 Å². The van der Waals surface area contributed by atoms with Gasteiger partial charge in [0.15, 0.2) is 0 Å². The van der Waals surface area contributed by atoms with Crippen molar-refractivity contribution >= 4 is 0 Å². The second kappa shape index (κ2) is 5.97. The molecule has 0 spiro atoms. The monoisotopic (exact) mass is 301 g/mol. The summed E-state index contributed by atoms with van der Waals surface area (Å²) >= 11 is 0. The van der Waals surface area contributed by atoms with Crippen molar-refractivity contribution in [3.63, 3.8) is 0 Å². The Labute approximate surface area is 123 Å². The van der Waals surface area contributed by atoms with Crippen LogP contribution in [0.25, 0.3) is 0 Å². The van der Waals surface area contributed by atoms with Crippen molar-refractivity contribution < 1.29 is 18.3 Å². The molecule has 1 aromatic carbocycles. The minimum Gasteiger partial charge on any atom is -0.392 e. The molecule has 1 aliphatic rings. The van der Waals surface area contributed by atoms with Gasteiger partial charge in [0, 0.05) is 12.5 Å². The fraction of sp³-hybridized carbons (Fsp3) is 0.625. The lowest BCUT2D eigenvalue weighted by Gasteiger charge is -2.35. The van der Waals surface area contributed by atoms with Gasteiger partial charge in [-0.25, -0.2) is 0 Å². The number of hydrogen-bond donors (Lipinski definition) is 2. The molecule has 1 fully saturated rings. The highest BCUT2D eigenvalue weighted by Gasteiger charge is 2.40. The number of alkyl halides is 3. The fourth-order valence-corrected chi connectivity index (χ4v) is 3.36. The normalized spacial score (nSPS) is 21.2. The fourth-order valence-electron chi connectivity index (χ4n) is 3.36. The molecule has 0 saturated heterocycles. The smallest absolute Gasteiger partial charge is 0.392 e. The van der Waals surface area contributed by atoms with E-state index in [1.165, 1.54) is 6.07 Å². The first kappa shape index (κ1) is 16.3. The predicted molar refractivity (Wildman–Crippen MR) is 75.8 cm³/mol.